The molecule has 0 saturated carbocycles. The van der Waals surface area contributed by atoms with Crippen LogP contribution in [-0.4, -0.2) is 31.2 Å². The summed E-state index contributed by atoms with van der Waals surface area (Å²) in [5.74, 6) is 1.10. The van der Waals surface area contributed by atoms with Crippen LogP contribution in [0.5, 0.6) is 0 Å². The van der Waals surface area contributed by atoms with Crippen molar-refractivity contribution in [1.82, 2.24) is 4.98 Å². The smallest absolute Gasteiger partial charge is 0.340 e. The monoisotopic (exact) mass is 263 g/mol. The molecule has 0 radical (unpaired) electrons. The lowest BCUT2D eigenvalue weighted by Gasteiger charge is -2.33. The summed E-state index contributed by atoms with van der Waals surface area (Å²) in [4.78, 5) is 18.2. The first kappa shape index (κ1) is 13.6. The fourth-order valence-electron chi connectivity index (χ4n) is 2.52. The van der Waals surface area contributed by atoms with Gasteiger partial charge in [-0.3, -0.25) is 0 Å². The van der Waals surface area contributed by atoms with Crippen molar-refractivity contribution < 1.29 is 9.53 Å². The van der Waals surface area contributed by atoms with Gasteiger partial charge < -0.3 is 15.4 Å². The van der Waals surface area contributed by atoms with Crippen LogP contribution in [0.15, 0.2) is 12.3 Å². The first-order valence-electron chi connectivity index (χ1n) is 6.74. The third kappa shape index (κ3) is 2.97. The molecule has 2 heterocycles. The number of nitrogens with zero attached hydrogens (tertiary/aromatic N) is 2. The Bertz CT molecular complexity index is 462. The van der Waals surface area contributed by atoms with Gasteiger partial charge in [-0.25, -0.2) is 9.78 Å². The zero-order valence-electron chi connectivity index (χ0n) is 11.6. The maximum atomic E-state index is 11.6. The topological polar surface area (TPSA) is 68.5 Å². The van der Waals surface area contributed by atoms with Crippen LogP contribution < -0.4 is 10.6 Å². The van der Waals surface area contributed by atoms with Crippen molar-refractivity contribution in [3.8, 4) is 0 Å². The zero-order valence-corrected chi connectivity index (χ0v) is 11.6. The van der Waals surface area contributed by atoms with Crippen molar-refractivity contribution >= 4 is 17.5 Å². The van der Waals surface area contributed by atoms with E-state index in [2.05, 4.69) is 16.8 Å². The molecule has 1 aliphatic rings. The maximum Gasteiger partial charge on any atom is 0.340 e. The van der Waals surface area contributed by atoms with Crippen LogP contribution >= 0.6 is 0 Å². The van der Waals surface area contributed by atoms with Crippen molar-refractivity contribution in [2.45, 2.75) is 26.2 Å². The van der Waals surface area contributed by atoms with Crippen molar-refractivity contribution in [2.24, 2.45) is 5.92 Å². The van der Waals surface area contributed by atoms with Crippen LogP contribution in [0.3, 0.4) is 0 Å². The van der Waals surface area contributed by atoms with Crippen LogP contribution in [0, 0.1) is 5.92 Å². The van der Waals surface area contributed by atoms with E-state index in [1.165, 1.54) is 26.1 Å². The lowest BCUT2D eigenvalue weighted by atomic mass is 9.95. The molecule has 1 aliphatic heterocycles. The predicted molar refractivity (Wildman–Crippen MR) is 75.2 cm³/mol. The number of anilines is 2. The lowest BCUT2D eigenvalue weighted by molar-refractivity contribution is 0.0602. The van der Waals surface area contributed by atoms with E-state index < -0.39 is 5.97 Å². The van der Waals surface area contributed by atoms with Gasteiger partial charge in [0.15, 0.2) is 0 Å². The van der Waals surface area contributed by atoms with E-state index in [9.17, 15) is 4.79 Å². The minimum absolute atomic E-state index is 0.361. The molecule has 5 heteroatoms. The summed E-state index contributed by atoms with van der Waals surface area (Å²) in [7, 11) is 1.36. The van der Waals surface area contributed by atoms with Gasteiger partial charge in [-0.2, -0.15) is 0 Å². The number of carbonyl (C=O) groups excluding carboxylic acids is 1. The summed E-state index contributed by atoms with van der Waals surface area (Å²) >= 11 is 0. The minimum Gasteiger partial charge on any atom is -0.465 e. The van der Waals surface area contributed by atoms with E-state index in [4.69, 9.17) is 10.5 Å². The standard InChI is InChI=1S/C14H21N3O2/c1-3-10-5-4-6-17(9-10)13-7-11(14(18)19-2)12(15)8-16-13/h7-8,10H,3-6,9,15H2,1-2H3. The Morgan fingerprint density at radius 2 is 2.42 bits per heavy atom. The summed E-state index contributed by atoms with van der Waals surface area (Å²) in [6.45, 7) is 4.19. The van der Waals surface area contributed by atoms with E-state index in [0.29, 0.717) is 17.2 Å². The number of piperidine rings is 1. The number of nitrogens with two attached hydrogens (primary N) is 1. The molecule has 1 atom stereocenters. The van der Waals surface area contributed by atoms with Gasteiger partial charge in [-0.05, 0) is 24.8 Å². The molecule has 1 aromatic rings. The Morgan fingerprint density at radius 1 is 1.63 bits per heavy atom. The fraction of sp³-hybridized carbons (Fsp3) is 0.571. The first-order valence-corrected chi connectivity index (χ1v) is 6.74. The highest BCUT2D eigenvalue weighted by atomic mass is 16.5. The van der Waals surface area contributed by atoms with Crippen molar-refractivity contribution in [2.75, 3.05) is 30.8 Å². The van der Waals surface area contributed by atoms with E-state index in [-0.39, 0.29) is 0 Å². The zero-order chi connectivity index (χ0) is 13.8. The van der Waals surface area contributed by atoms with Gasteiger partial charge in [0.2, 0.25) is 0 Å². The molecule has 19 heavy (non-hydrogen) atoms. The quantitative estimate of drug-likeness (QED) is 0.846. The Balaban J connectivity index is 2.22. The summed E-state index contributed by atoms with van der Waals surface area (Å²) in [5, 5.41) is 0. The first-order chi connectivity index (χ1) is 9.15. The Hall–Kier alpha value is -1.78. The number of ether oxygens (including phenoxy) is 1. The summed E-state index contributed by atoms with van der Waals surface area (Å²) in [5.41, 5.74) is 6.52. The van der Waals surface area contributed by atoms with Gasteiger partial charge in [0.25, 0.3) is 0 Å². The highest BCUT2D eigenvalue weighted by molar-refractivity contribution is 5.95. The molecule has 0 amide bonds. The second kappa shape index (κ2) is 5.91. The highest BCUT2D eigenvalue weighted by Crippen LogP contribution is 2.25. The normalized spacial score (nSPS) is 19.3. The van der Waals surface area contributed by atoms with Crippen LogP contribution in [0.4, 0.5) is 11.5 Å². The lowest BCUT2D eigenvalue weighted by Crippen LogP contribution is -2.35. The number of aromatic nitrogens is 1. The Kier molecular flexibility index (Phi) is 4.24. The van der Waals surface area contributed by atoms with E-state index >= 15 is 0 Å². The molecule has 2 N–H and O–H groups in total. The average Bonchev–Trinajstić information content (AvgIpc) is 2.47. The average molecular weight is 263 g/mol. The van der Waals surface area contributed by atoms with Crippen molar-refractivity contribution in [1.29, 1.82) is 0 Å². The number of nitrogen functional groups attached to an aromatic ring is 1. The largest absolute Gasteiger partial charge is 0.465 e. The second-order valence-electron chi connectivity index (χ2n) is 4.98. The Labute approximate surface area is 113 Å². The molecule has 0 aromatic carbocycles. The molecule has 104 valence electrons. The summed E-state index contributed by atoms with van der Waals surface area (Å²) < 4.78 is 4.74. The Morgan fingerprint density at radius 3 is 3.11 bits per heavy atom. The van der Waals surface area contributed by atoms with Crippen LogP contribution in [-0.2, 0) is 4.74 Å². The second-order valence-corrected chi connectivity index (χ2v) is 4.98. The molecule has 2 rings (SSSR count). The molecular formula is C14H21N3O2. The van der Waals surface area contributed by atoms with Gasteiger partial charge in [-0.15, -0.1) is 0 Å². The highest BCUT2D eigenvalue weighted by Gasteiger charge is 2.21. The number of esters is 1. The summed E-state index contributed by atoms with van der Waals surface area (Å²) in [6, 6.07) is 1.74. The van der Waals surface area contributed by atoms with Gasteiger partial charge in [0.1, 0.15) is 5.82 Å². The van der Waals surface area contributed by atoms with E-state index in [0.717, 1.165) is 25.3 Å². The van der Waals surface area contributed by atoms with E-state index in [1.54, 1.807) is 6.07 Å². The predicted octanol–water partition coefficient (Wildman–Crippen LogP) is 2.08. The number of pyridine rings is 1. The van der Waals surface area contributed by atoms with Crippen molar-refractivity contribution in [3.05, 3.63) is 17.8 Å². The molecule has 5 nitrogen and oxygen atoms in total. The van der Waals surface area contributed by atoms with Crippen LogP contribution in [0.1, 0.15) is 36.5 Å². The van der Waals surface area contributed by atoms with Gasteiger partial charge >= 0.3 is 5.97 Å². The van der Waals surface area contributed by atoms with E-state index in [1.807, 2.05) is 0 Å². The van der Waals surface area contributed by atoms with Crippen LogP contribution in [0.2, 0.25) is 0 Å². The van der Waals surface area contributed by atoms with Crippen molar-refractivity contribution in [3.63, 3.8) is 0 Å². The molecule has 0 aliphatic carbocycles. The number of rotatable bonds is 3. The molecule has 0 bridgehead atoms. The maximum absolute atomic E-state index is 11.6. The third-order valence-electron chi connectivity index (χ3n) is 3.75. The SMILES string of the molecule is CCC1CCCN(c2cc(C(=O)OC)c(N)cn2)C1. The molecule has 0 spiro atoms. The van der Waals surface area contributed by atoms with Crippen LogP contribution in [0.25, 0.3) is 0 Å². The molecule has 1 aromatic heterocycles. The third-order valence-corrected chi connectivity index (χ3v) is 3.75. The van der Waals surface area contributed by atoms with Gasteiger partial charge in [0.05, 0.1) is 24.6 Å². The minimum atomic E-state index is -0.412. The molecule has 1 saturated heterocycles. The fourth-order valence-corrected chi connectivity index (χ4v) is 2.52. The molecular weight excluding hydrogens is 242 g/mol. The molecule has 1 fully saturated rings. The molecule has 1 unspecified atom stereocenters. The summed E-state index contributed by atoms with van der Waals surface area (Å²) in [6.07, 6.45) is 5.15. The number of methoxy groups -OCH3 is 1. The number of hydrogen-bond acceptors (Lipinski definition) is 5. The number of carbonyl (C=O) groups is 1. The number of hydrogen-bond donors (Lipinski definition) is 1. The van der Waals surface area contributed by atoms with Gasteiger partial charge in [0, 0.05) is 13.1 Å². The van der Waals surface area contributed by atoms with Gasteiger partial charge in [-0.1, -0.05) is 13.3 Å².